The Hall–Kier alpha value is -1.89. The van der Waals surface area contributed by atoms with Crippen molar-refractivity contribution in [2.45, 2.75) is 12.8 Å². The zero-order valence-electron chi connectivity index (χ0n) is 12.3. The number of hydrogen-bond acceptors (Lipinski definition) is 4. The lowest BCUT2D eigenvalue weighted by molar-refractivity contribution is -0.142. The van der Waals surface area contributed by atoms with Crippen LogP contribution in [0, 0.1) is 5.92 Å². The quantitative estimate of drug-likeness (QED) is 0.865. The van der Waals surface area contributed by atoms with E-state index < -0.39 is 0 Å². The first-order valence-electron chi connectivity index (χ1n) is 7.53. The summed E-state index contributed by atoms with van der Waals surface area (Å²) in [5.74, 6) is -0.298. The third-order valence-corrected chi connectivity index (χ3v) is 5.00. The Morgan fingerprint density at radius 1 is 1.27 bits per heavy atom. The first kappa shape index (κ1) is 15.0. The summed E-state index contributed by atoms with van der Waals surface area (Å²) in [6.45, 7) is 2.35. The Labute approximate surface area is 133 Å². The number of amides is 3. The third kappa shape index (κ3) is 3.14. The van der Waals surface area contributed by atoms with Crippen molar-refractivity contribution in [3.8, 4) is 0 Å². The van der Waals surface area contributed by atoms with Crippen LogP contribution in [-0.2, 0) is 9.59 Å². The average molecular weight is 321 g/mol. The van der Waals surface area contributed by atoms with E-state index in [2.05, 4.69) is 5.32 Å². The largest absolute Gasteiger partial charge is 0.353 e. The molecule has 2 aliphatic rings. The first-order valence-corrected chi connectivity index (χ1v) is 8.41. The molecule has 0 radical (unpaired) electrons. The summed E-state index contributed by atoms with van der Waals surface area (Å²) < 4.78 is 0. The molecule has 1 aromatic heterocycles. The molecule has 7 heteroatoms. The van der Waals surface area contributed by atoms with E-state index >= 15 is 0 Å². The second-order valence-corrected chi connectivity index (χ2v) is 6.63. The third-order valence-electron chi connectivity index (χ3n) is 4.14. The van der Waals surface area contributed by atoms with E-state index in [1.807, 2.05) is 17.5 Å². The minimum absolute atomic E-state index is 0.00136. The zero-order valence-corrected chi connectivity index (χ0v) is 13.1. The Morgan fingerprint density at radius 2 is 2.14 bits per heavy atom. The number of carbonyl (C=O) groups excluding carboxylic acids is 3. The molecule has 3 amide bonds. The number of likely N-dealkylation sites (tertiary alicyclic amines) is 1. The number of nitrogens with zero attached hydrogens (tertiary/aromatic N) is 2. The van der Waals surface area contributed by atoms with Gasteiger partial charge in [-0.25, -0.2) is 0 Å². The van der Waals surface area contributed by atoms with Gasteiger partial charge in [-0.1, -0.05) is 6.07 Å². The lowest BCUT2D eigenvalue weighted by atomic mass is 9.96. The number of piperidine rings is 1. The summed E-state index contributed by atoms with van der Waals surface area (Å²) in [5.41, 5.74) is 0. The molecule has 2 fully saturated rings. The number of rotatable bonds is 2. The minimum Gasteiger partial charge on any atom is -0.353 e. The highest BCUT2D eigenvalue weighted by molar-refractivity contribution is 7.12. The topological polar surface area (TPSA) is 69.7 Å². The van der Waals surface area contributed by atoms with Gasteiger partial charge in [-0.05, 0) is 24.3 Å². The molecule has 1 aromatic rings. The predicted octanol–water partition coefficient (Wildman–Crippen LogP) is 0.559. The van der Waals surface area contributed by atoms with Crippen LogP contribution in [0.4, 0.5) is 0 Å². The molecular formula is C15H19N3O3S. The molecule has 2 aliphatic heterocycles. The van der Waals surface area contributed by atoms with Gasteiger partial charge in [-0.2, -0.15) is 0 Å². The van der Waals surface area contributed by atoms with Crippen LogP contribution in [0.5, 0.6) is 0 Å². The maximum absolute atomic E-state index is 12.6. The van der Waals surface area contributed by atoms with E-state index in [0.717, 1.165) is 12.8 Å². The highest BCUT2D eigenvalue weighted by atomic mass is 32.1. The van der Waals surface area contributed by atoms with Gasteiger partial charge in [0.15, 0.2) is 0 Å². The molecule has 1 atom stereocenters. The molecule has 1 N–H and O–H groups in total. The fourth-order valence-electron chi connectivity index (χ4n) is 3.00. The van der Waals surface area contributed by atoms with Gasteiger partial charge in [-0.15, -0.1) is 11.3 Å². The van der Waals surface area contributed by atoms with E-state index in [4.69, 9.17) is 0 Å². The fraction of sp³-hybridized carbons (Fsp3) is 0.533. The van der Waals surface area contributed by atoms with Crippen molar-refractivity contribution < 1.29 is 14.4 Å². The van der Waals surface area contributed by atoms with E-state index in [0.29, 0.717) is 31.1 Å². The maximum Gasteiger partial charge on any atom is 0.263 e. The molecule has 0 saturated carbocycles. The van der Waals surface area contributed by atoms with Gasteiger partial charge >= 0.3 is 0 Å². The molecule has 0 bridgehead atoms. The number of nitrogens with one attached hydrogen (secondary N) is 1. The van der Waals surface area contributed by atoms with Gasteiger partial charge in [0.05, 0.1) is 17.3 Å². The van der Waals surface area contributed by atoms with Gasteiger partial charge in [0.2, 0.25) is 11.8 Å². The van der Waals surface area contributed by atoms with Crippen molar-refractivity contribution in [1.29, 1.82) is 0 Å². The summed E-state index contributed by atoms with van der Waals surface area (Å²) in [6, 6.07) is 3.67. The Bertz CT molecular complexity index is 573. The molecule has 6 nitrogen and oxygen atoms in total. The monoisotopic (exact) mass is 321 g/mol. The summed E-state index contributed by atoms with van der Waals surface area (Å²) in [6.07, 6.45) is 1.61. The van der Waals surface area contributed by atoms with Gasteiger partial charge in [0, 0.05) is 26.2 Å². The lowest BCUT2D eigenvalue weighted by Gasteiger charge is -2.35. The second kappa shape index (κ2) is 6.48. The molecule has 2 saturated heterocycles. The number of piperazine rings is 1. The van der Waals surface area contributed by atoms with Crippen molar-refractivity contribution in [3.63, 3.8) is 0 Å². The summed E-state index contributed by atoms with van der Waals surface area (Å²) >= 11 is 1.42. The highest BCUT2D eigenvalue weighted by Gasteiger charge is 2.33. The second-order valence-electron chi connectivity index (χ2n) is 5.68. The van der Waals surface area contributed by atoms with Gasteiger partial charge in [-0.3, -0.25) is 14.4 Å². The molecule has 0 aromatic carbocycles. The van der Waals surface area contributed by atoms with Crippen molar-refractivity contribution in [1.82, 2.24) is 15.1 Å². The molecule has 118 valence electrons. The maximum atomic E-state index is 12.6. The van der Waals surface area contributed by atoms with Gasteiger partial charge in [0.1, 0.15) is 0 Å². The van der Waals surface area contributed by atoms with Gasteiger partial charge in [0.25, 0.3) is 5.91 Å². The Kier molecular flexibility index (Phi) is 4.42. The van der Waals surface area contributed by atoms with Crippen molar-refractivity contribution >= 4 is 29.1 Å². The molecule has 3 heterocycles. The first-order chi connectivity index (χ1) is 10.6. The zero-order chi connectivity index (χ0) is 15.5. The predicted molar refractivity (Wildman–Crippen MR) is 82.5 cm³/mol. The van der Waals surface area contributed by atoms with E-state index in [9.17, 15) is 14.4 Å². The van der Waals surface area contributed by atoms with Crippen molar-refractivity contribution in [2.75, 3.05) is 32.7 Å². The van der Waals surface area contributed by atoms with Crippen LogP contribution in [0.2, 0.25) is 0 Å². The highest BCUT2D eigenvalue weighted by Crippen LogP contribution is 2.22. The molecule has 0 spiro atoms. The van der Waals surface area contributed by atoms with Crippen molar-refractivity contribution in [2.24, 2.45) is 5.92 Å². The van der Waals surface area contributed by atoms with Crippen LogP contribution in [0.1, 0.15) is 22.5 Å². The molecule has 22 heavy (non-hydrogen) atoms. The van der Waals surface area contributed by atoms with Crippen LogP contribution >= 0.6 is 11.3 Å². The van der Waals surface area contributed by atoms with E-state index in [1.54, 1.807) is 9.80 Å². The smallest absolute Gasteiger partial charge is 0.263 e. The molecular weight excluding hydrogens is 302 g/mol. The van der Waals surface area contributed by atoms with Crippen LogP contribution < -0.4 is 5.32 Å². The van der Waals surface area contributed by atoms with Crippen LogP contribution in [-0.4, -0.2) is 60.2 Å². The number of carbonyl (C=O) groups is 3. The Balaban J connectivity index is 1.64. The minimum atomic E-state index is -0.191. The number of hydrogen-bond donors (Lipinski definition) is 1. The SMILES string of the molecule is O=C1CN(C(=O)C2CCCN(C(=O)c3cccs3)C2)CCN1. The number of thiophene rings is 1. The summed E-state index contributed by atoms with van der Waals surface area (Å²) in [4.78, 5) is 40.5. The fourth-order valence-corrected chi connectivity index (χ4v) is 3.69. The van der Waals surface area contributed by atoms with Crippen LogP contribution in [0.25, 0.3) is 0 Å². The normalized spacial score (nSPS) is 22.4. The molecule has 0 aliphatic carbocycles. The standard InChI is InChI=1S/C15H19N3O3S/c19-13-10-18(7-5-16-13)14(20)11-3-1-6-17(9-11)15(21)12-4-2-8-22-12/h2,4,8,11H,1,3,5-7,9-10H2,(H,16,19). The van der Waals surface area contributed by atoms with Gasteiger partial charge < -0.3 is 15.1 Å². The van der Waals surface area contributed by atoms with E-state index in [-0.39, 0.29) is 30.2 Å². The summed E-state index contributed by atoms with van der Waals surface area (Å²) in [7, 11) is 0. The van der Waals surface area contributed by atoms with Crippen molar-refractivity contribution in [3.05, 3.63) is 22.4 Å². The van der Waals surface area contributed by atoms with E-state index in [1.165, 1.54) is 11.3 Å². The van der Waals surface area contributed by atoms with Crippen LogP contribution in [0.15, 0.2) is 17.5 Å². The lowest BCUT2D eigenvalue weighted by Crippen LogP contribution is -2.54. The summed E-state index contributed by atoms with van der Waals surface area (Å²) in [5, 5.41) is 4.60. The van der Waals surface area contributed by atoms with Crippen LogP contribution in [0.3, 0.4) is 0 Å². The average Bonchev–Trinajstić information content (AvgIpc) is 3.08. The molecule has 3 rings (SSSR count). The Morgan fingerprint density at radius 3 is 2.86 bits per heavy atom. The molecule has 1 unspecified atom stereocenters.